The summed E-state index contributed by atoms with van der Waals surface area (Å²) < 4.78 is 11.0. The van der Waals surface area contributed by atoms with Crippen molar-refractivity contribution in [3.05, 3.63) is 35.9 Å². The van der Waals surface area contributed by atoms with Crippen molar-refractivity contribution >= 4 is 13.6 Å². The summed E-state index contributed by atoms with van der Waals surface area (Å²) in [5.74, 6) is -0.544. The van der Waals surface area contributed by atoms with Gasteiger partial charge in [-0.05, 0) is 6.92 Å². The molecule has 0 amide bonds. The molecule has 0 radical (unpaired) electrons. The third kappa shape index (κ3) is 2.86. The third-order valence-corrected chi connectivity index (χ3v) is 2.07. The van der Waals surface area contributed by atoms with Crippen LogP contribution in [0.2, 0.25) is 0 Å². The van der Waals surface area contributed by atoms with Crippen molar-refractivity contribution in [1.82, 2.24) is 0 Å². The Balaban J connectivity index is 0.000000461. The summed E-state index contributed by atoms with van der Waals surface area (Å²) in [4.78, 5) is 0. The van der Waals surface area contributed by atoms with Gasteiger partial charge in [-0.25, -0.2) is 0 Å². The topological polar surface area (TPSA) is 18.5 Å². The van der Waals surface area contributed by atoms with Crippen molar-refractivity contribution in [1.29, 1.82) is 0 Å². The van der Waals surface area contributed by atoms with Crippen LogP contribution >= 0.6 is 13.6 Å². The second-order valence-corrected chi connectivity index (χ2v) is 2.93. The molecule has 0 unspecified atom stereocenters. The molecule has 1 aromatic rings. The Morgan fingerprint density at radius 1 is 1.43 bits per heavy atom. The predicted molar refractivity (Wildman–Crippen MR) is 53.5 cm³/mol. The summed E-state index contributed by atoms with van der Waals surface area (Å²) in [5.41, 5.74) is 1.03. The molecular weight excluding hydrogens is 297 g/mol. The molecule has 1 aromatic carbocycles. The van der Waals surface area contributed by atoms with Crippen LogP contribution < -0.4 is 0 Å². The van der Waals surface area contributed by atoms with Gasteiger partial charge in [0.15, 0.2) is 0 Å². The Morgan fingerprint density at radius 2 is 2.07 bits per heavy atom. The molecule has 0 N–H and O–H groups in total. The van der Waals surface area contributed by atoms with Crippen molar-refractivity contribution in [2.75, 3.05) is 13.2 Å². The standard InChI is InChI=1S/C10H11O2.BrH.Zn/c1-10(11-7-8-12-10)9-5-3-2-4-6-9;;/h2-3,5-6H,7-8H2,1H3;1H;/q-1;;+2/p-1. The van der Waals surface area contributed by atoms with E-state index in [1.54, 1.807) is 0 Å². The van der Waals surface area contributed by atoms with Gasteiger partial charge in [0.2, 0.25) is 0 Å². The van der Waals surface area contributed by atoms with Gasteiger partial charge in [-0.1, -0.05) is 5.56 Å². The van der Waals surface area contributed by atoms with Crippen LogP contribution in [0.25, 0.3) is 0 Å². The van der Waals surface area contributed by atoms with Gasteiger partial charge < -0.3 is 9.47 Å². The molecule has 0 spiro atoms. The zero-order valence-corrected chi connectivity index (χ0v) is 12.7. The number of hydrogen-bond acceptors (Lipinski definition) is 2. The Morgan fingerprint density at radius 3 is 2.57 bits per heavy atom. The van der Waals surface area contributed by atoms with E-state index >= 15 is 0 Å². The monoisotopic (exact) mass is 306 g/mol. The van der Waals surface area contributed by atoms with E-state index in [2.05, 4.69) is 19.7 Å². The van der Waals surface area contributed by atoms with E-state index in [1.165, 1.54) is 16.3 Å². The fourth-order valence-electron chi connectivity index (χ4n) is 1.36. The third-order valence-electron chi connectivity index (χ3n) is 2.07. The molecule has 2 nitrogen and oxygen atoms in total. The zero-order valence-electron chi connectivity index (χ0n) is 8.13. The molecule has 1 fully saturated rings. The fourth-order valence-corrected chi connectivity index (χ4v) is 1.36. The van der Waals surface area contributed by atoms with Crippen LogP contribution in [0.5, 0.6) is 0 Å². The van der Waals surface area contributed by atoms with Crippen LogP contribution in [0.4, 0.5) is 0 Å². The van der Waals surface area contributed by atoms with E-state index < -0.39 is 5.79 Å². The van der Waals surface area contributed by atoms with Crippen LogP contribution in [0.3, 0.4) is 0 Å². The molecule has 1 heterocycles. The zero-order chi connectivity index (χ0) is 10.4. The van der Waals surface area contributed by atoms with Crippen molar-refractivity contribution < 1.29 is 25.8 Å². The van der Waals surface area contributed by atoms with E-state index in [0.29, 0.717) is 13.2 Å². The van der Waals surface area contributed by atoms with Gasteiger partial charge in [-0.15, -0.1) is 0 Å². The molecule has 1 aliphatic heterocycles. The predicted octanol–water partition coefficient (Wildman–Crippen LogP) is 2.55. The van der Waals surface area contributed by atoms with Crippen LogP contribution in [-0.2, 0) is 31.6 Å². The molecule has 2 rings (SSSR count). The summed E-state index contributed by atoms with van der Waals surface area (Å²) in [7, 11) is 0. The van der Waals surface area contributed by atoms with Crippen LogP contribution in [0.15, 0.2) is 24.3 Å². The number of rotatable bonds is 1. The van der Waals surface area contributed by atoms with E-state index in [4.69, 9.17) is 9.47 Å². The maximum atomic E-state index is 5.48. The number of benzene rings is 1. The SMILES string of the molecule is CC1(c2c[c-]ccc2)OCCO1.[Zn+][Br]. The molecule has 14 heavy (non-hydrogen) atoms. The average molecular weight is 308 g/mol. The second kappa shape index (κ2) is 5.96. The van der Waals surface area contributed by atoms with Crippen LogP contribution in [0, 0.1) is 6.07 Å². The number of halogens is 1. The van der Waals surface area contributed by atoms with Crippen molar-refractivity contribution in [2.45, 2.75) is 12.7 Å². The van der Waals surface area contributed by atoms with E-state index in [9.17, 15) is 0 Å². The molecule has 0 bridgehead atoms. The quantitative estimate of drug-likeness (QED) is 0.586. The normalized spacial score (nSPS) is 18.6. The molecule has 0 aliphatic carbocycles. The van der Waals surface area contributed by atoms with Gasteiger partial charge in [0.25, 0.3) is 0 Å². The summed E-state index contributed by atoms with van der Waals surface area (Å²) in [6, 6.07) is 10.7. The van der Waals surface area contributed by atoms with Crippen molar-refractivity contribution in [2.24, 2.45) is 0 Å². The number of hydrogen-bond donors (Lipinski definition) is 0. The van der Waals surface area contributed by atoms with Crippen molar-refractivity contribution in [3.63, 3.8) is 0 Å². The first-order chi connectivity index (χ1) is 6.81. The summed E-state index contributed by atoms with van der Waals surface area (Å²) in [6.07, 6.45) is 0. The van der Waals surface area contributed by atoms with Crippen molar-refractivity contribution in [3.8, 4) is 0 Å². The van der Waals surface area contributed by atoms with Gasteiger partial charge in [0.1, 0.15) is 5.79 Å². The van der Waals surface area contributed by atoms with Gasteiger partial charge in [-0.2, -0.15) is 30.3 Å². The molecule has 1 saturated heterocycles. The van der Waals surface area contributed by atoms with Gasteiger partial charge >= 0.3 is 30.0 Å². The Kier molecular flexibility index (Phi) is 5.25. The summed E-state index contributed by atoms with van der Waals surface area (Å²) in [6.45, 7) is 3.28. The molecule has 1 aliphatic rings. The van der Waals surface area contributed by atoms with E-state index in [0.717, 1.165) is 5.56 Å². The van der Waals surface area contributed by atoms with Crippen LogP contribution in [-0.4, -0.2) is 13.2 Å². The molecule has 4 heteroatoms. The molecule has 0 atom stereocenters. The Hall–Kier alpha value is 0.243. The summed E-state index contributed by atoms with van der Waals surface area (Å²) >= 11 is 4.25. The van der Waals surface area contributed by atoms with E-state index in [-0.39, 0.29) is 0 Å². The number of ether oxygens (including phenoxy) is 2. The molecule has 72 valence electrons. The maximum absolute atomic E-state index is 5.48. The van der Waals surface area contributed by atoms with Gasteiger partial charge in [-0.3, -0.25) is 0 Å². The van der Waals surface area contributed by atoms with Gasteiger partial charge in [0, 0.05) is 0 Å². The minimum atomic E-state index is -0.544. The molecule has 0 saturated carbocycles. The fraction of sp³-hybridized carbons (Fsp3) is 0.400. The molecule has 0 aromatic heterocycles. The first-order valence-electron chi connectivity index (χ1n) is 4.32. The first-order valence-corrected chi connectivity index (χ1v) is 11.3. The minimum absolute atomic E-state index is 0.544. The summed E-state index contributed by atoms with van der Waals surface area (Å²) in [5, 5.41) is 0. The Labute approximate surface area is 101 Å². The molecular formula is C10H11BrO2Zn. The van der Waals surface area contributed by atoms with E-state index in [1.807, 2.05) is 31.2 Å². The first kappa shape index (κ1) is 12.3. The Bertz CT molecular complexity index is 260. The van der Waals surface area contributed by atoms with Crippen LogP contribution in [0.1, 0.15) is 12.5 Å². The average Bonchev–Trinajstić information content (AvgIpc) is 2.71. The van der Waals surface area contributed by atoms with Gasteiger partial charge in [0.05, 0.1) is 13.2 Å². The second-order valence-electron chi connectivity index (χ2n) is 2.93.